The van der Waals surface area contributed by atoms with E-state index in [1.165, 1.54) is 0 Å². The number of alkyl halides is 1. The molecular weight excluding hydrogens is 502 g/mol. The maximum atomic E-state index is 10.8. The second kappa shape index (κ2) is 11.6. The molecule has 17 heteroatoms. The summed E-state index contributed by atoms with van der Waals surface area (Å²) in [7, 11) is 0. The first-order valence-corrected chi connectivity index (χ1v) is 11.3. The van der Waals surface area contributed by atoms with Gasteiger partial charge in [-0.3, -0.25) is 0 Å². The minimum Gasteiger partial charge on any atom is -0.394 e. The average molecular weight is 536 g/mol. The Labute approximate surface area is 204 Å². The second-order valence-electron chi connectivity index (χ2n) is 8.74. The number of nitrogens with two attached hydrogens (primary N) is 3. The molecule has 0 bridgehead atoms. The first-order chi connectivity index (χ1) is 16.4. The third-order valence-corrected chi connectivity index (χ3v) is 6.88. The highest BCUT2D eigenvalue weighted by molar-refractivity contribution is 6.23. The Morgan fingerprint density at radius 3 is 1.71 bits per heavy atom. The molecule has 0 radical (unpaired) electrons. The van der Waals surface area contributed by atoms with Gasteiger partial charge in [0, 0.05) is 0 Å². The predicted molar refractivity (Wildman–Crippen MR) is 112 cm³/mol. The molecule has 0 spiro atoms. The Hall–Kier alpha value is -0.350. The van der Waals surface area contributed by atoms with Crippen LogP contribution in [0.25, 0.3) is 0 Å². The first-order valence-electron chi connectivity index (χ1n) is 10.9. The highest BCUT2D eigenvalue weighted by Gasteiger charge is 2.56. The lowest BCUT2D eigenvalue weighted by Gasteiger charge is -2.49. The van der Waals surface area contributed by atoms with Crippen molar-refractivity contribution >= 4 is 11.6 Å². The van der Waals surface area contributed by atoms with E-state index < -0.39 is 111 Å². The van der Waals surface area contributed by atoms with Crippen LogP contribution in [-0.4, -0.2) is 152 Å². The molecule has 3 aliphatic rings. The van der Waals surface area contributed by atoms with Gasteiger partial charge in [-0.25, -0.2) is 0 Å². The topological polar surface area (TPSA) is 286 Å². The summed E-state index contributed by atoms with van der Waals surface area (Å²) in [5.74, 6) is 0. The molecule has 3 heterocycles. The summed E-state index contributed by atoms with van der Waals surface area (Å²) in [5, 5.41) is 77.7. The maximum absolute atomic E-state index is 10.8. The smallest absolute Gasteiger partial charge is 0.194 e. The van der Waals surface area contributed by atoms with Crippen molar-refractivity contribution in [3.8, 4) is 0 Å². The van der Waals surface area contributed by atoms with Crippen molar-refractivity contribution in [3.63, 3.8) is 0 Å². The van der Waals surface area contributed by atoms with E-state index in [1.807, 2.05) is 0 Å². The van der Waals surface area contributed by atoms with Gasteiger partial charge in [0.2, 0.25) is 0 Å². The van der Waals surface area contributed by atoms with Crippen LogP contribution in [-0.2, 0) is 23.7 Å². The normalized spacial score (nSPS) is 53.5. The number of aliphatic hydroxyl groups is 8. The number of hydrogen-bond donors (Lipinski definition) is 11. The van der Waals surface area contributed by atoms with Crippen LogP contribution in [0.15, 0.2) is 0 Å². The molecule has 0 saturated carbocycles. The van der Waals surface area contributed by atoms with Crippen LogP contribution in [0.1, 0.15) is 0 Å². The van der Waals surface area contributed by atoms with Crippen LogP contribution >= 0.6 is 11.6 Å². The molecule has 0 aromatic carbocycles. The number of aliphatic hydroxyl groups excluding tert-OH is 7. The quantitative estimate of drug-likeness (QED) is 0.135. The van der Waals surface area contributed by atoms with Gasteiger partial charge < -0.3 is 81.7 Å². The van der Waals surface area contributed by atoms with Gasteiger partial charge in [0.05, 0.1) is 37.9 Å². The molecule has 3 saturated heterocycles. The molecule has 0 amide bonds. The molecule has 206 valence electrons. The van der Waals surface area contributed by atoms with Crippen LogP contribution in [0.5, 0.6) is 0 Å². The summed E-state index contributed by atoms with van der Waals surface area (Å²) in [6, 6.07) is -4.08. The average Bonchev–Trinajstić information content (AvgIpc) is 2.83. The minimum atomic E-state index is -2.41. The fourth-order valence-corrected chi connectivity index (χ4v) is 4.47. The van der Waals surface area contributed by atoms with E-state index in [-0.39, 0.29) is 0 Å². The molecule has 14 N–H and O–H groups in total. The van der Waals surface area contributed by atoms with Crippen LogP contribution in [0.2, 0.25) is 0 Å². The fraction of sp³-hybridized carbons (Fsp3) is 1.00. The molecule has 0 aliphatic carbocycles. The van der Waals surface area contributed by atoms with E-state index in [2.05, 4.69) is 0 Å². The molecule has 0 aromatic rings. The van der Waals surface area contributed by atoms with Gasteiger partial charge in [-0.2, -0.15) is 0 Å². The van der Waals surface area contributed by atoms with Crippen LogP contribution in [0.3, 0.4) is 0 Å². The van der Waals surface area contributed by atoms with Crippen molar-refractivity contribution in [1.29, 1.82) is 0 Å². The number of halogens is 1. The molecule has 0 aromatic heterocycles. The summed E-state index contributed by atoms with van der Waals surface area (Å²) < 4.78 is 27.4. The summed E-state index contributed by atoms with van der Waals surface area (Å²) in [6.07, 6.45) is -16.2. The zero-order chi connectivity index (χ0) is 26.2. The SMILES string of the molecule is N[C@H]1[C@@H](OC2[C@@H](CO)O[C@@H](OC3[C@@H](CO)O[C@@H](O)[C@H](N)[C@H]3O)[C@H](N)[C@H]2O)O[C@H](CO)[C@@](O)(Cl)[C@@H]1O. The Morgan fingerprint density at radius 2 is 1.20 bits per heavy atom. The van der Waals surface area contributed by atoms with E-state index in [0.29, 0.717) is 0 Å². The first kappa shape index (κ1) is 29.2. The van der Waals surface area contributed by atoms with E-state index in [9.17, 15) is 40.9 Å². The largest absolute Gasteiger partial charge is 0.394 e. The van der Waals surface area contributed by atoms with Gasteiger partial charge in [0.25, 0.3) is 0 Å². The second-order valence-corrected chi connectivity index (χ2v) is 9.34. The monoisotopic (exact) mass is 535 g/mol. The van der Waals surface area contributed by atoms with Gasteiger partial charge in [-0.15, -0.1) is 0 Å². The highest BCUT2D eigenvalue weighted by atomic mass is 35.5. The Bertz CT molecular complexity index is 690. The lowest BCUT2D eigenvalue weighted by molar-refractivity contribution is -0.350. The summed E-state index contributed by atoms with van der Waals surface area (Å²) in [5.41, 5.74) is 17.6. The molecule has 3 fully saturated rings. The standard InChI is InChI=1S/C18H34ClN3O13/c19-18(30)6(3-25)33-17(9(22)14(18)28)35-13-5(2-24)32-16(8(21)11(13)27)34-12-4(1-23)31-15(29)7(20)10(12)26/h4-17,23-30H,1-3,20-22H2/t4-,5-,6-,7-,8-,9-,10-,11-,12?,13?,14-,15-,16+,17-,18+/m1/s1. The van der Waals surface area contributed by atoms with Crippen molar-refractivity contribution in [1.82, 2.24) is 0 Å². The lowest BCUT2D eigenvalue weighted by atomic mass is 9.94. The van der Waals surface area contributed by atoms with Crippen molar-refractivity contribution < 1.29 is 64.5 Å². The Morgan fingerprint density at radius 1 is 0.714 bits per heavy atom. The molecule has 2 unspecified atom stereocenters. The van der Waals surface area contributed by atoms with Crippen molar-refractivity contribution in [2.75, 3.05) is 19.8 Å². The summed E-state index contributed by atoms with van der Waals surface area (Å²) in [6.45, 7) is -2.20. The third kappa shape index (κ3) is 5.59. The molecule has 3 rings (SSSR count). The van der Waals surface area contributed by atoms with Gasteiger partial charge in [0.1, 0.15) is 48.8 Å². The fourth-order valence-electron chi connectivity index (χ4n) is 4.21. The zero-order valence-corrected chi connectivity index (χ0v) is 19.2. The molecular formula is C18H34ClN3O13. The maximum Gasteiger partial charge on any atom is 0.194 e. The number of ether oxygens (including phenoxy) is 5. The Kier molecular flexibility index (Phi) is 9.67. The predicted octanol–water partition coefficient (Wildman–Crippen LogP) is -7.11. The van der Waals surface area contributed by atoms with E-state index in [1.54, 1.807) is 0 Å². The van der Waals surface area contributed by atoms with E-state index >= 15 is 0 Å². The van der Waals surface area contributed by atoms with E-state index in [4.69, 9.17) is 52.5 Å². The van der Waals surface area contributed by atoms with Crippen molar-refractivity contribution in [2.45, 2.75) is 90.9 Å². The van der Waals surface area contributed by atoms with Crippen LogP contribution in [0.4, 0.5) is 0 Å². The van der Waals surface area contributed by atoms with Crippen molar-refractivity contribution in [3.05, 3.63) is 0 Å². The zero-order valence-electron chi connectivity index (χ0n) is 18.4. The minimum absolute atomic E-state index is 0.663. The molecule has 35 heavy (non-hydrogen) atoms. The molecule has 15 atom stereocenters. The number of hydrogen-bond acceptors (Lipinski definition) is 16. The van der Waals surface area contributed by atoms with Crippen LogP contribution < -0.4 is 17.2 Å². The van der Waals surface area contributed by atoms with Crippen LogP contribution in [0, 0.1) is 0 Å². The van der Waals surface area contributed by atoms with Crippen molar-refractivity contribution in [2.24, 2.45) is 17.2 Å². The molecule has 3 aliphatic heterocycles. The molecule has 16 nitrogen and oxygen atoms in total. The van der Waals surface area contributed by atoms with Gasteiger partial charge in [-0.05, 0) is 0 Å². The van der Waals surface area contributed by atoms with Gasteiger partial charge in [0.15, 0.2) is 23.9 Å². The summed E-state index contributed by atoms with van der Waals surface area (Å²) in [4.78, 5) is 0. The van der Waals surface area contributed by atoms with Gasteiger partial charge in [-0.1, -0.05) is 11.6 Å². The highest BCUT2D eigenvalue weighted by Crippen LogP contribution is 2.35. The third-order valence-electron chi connectivity index (χ3n) is 6.41. The Balaban J connectivity index is 1.73. The lowest BCUT2D eigenvalue weighted by Crippen LogP contribution is -2.70. The van der Waals surface area contributed by atoms with Gasteiger partial charge >= 0.3 is 0 Å². The number of rotatable bonds is 7. The summed E-state index contributed by atoms with van der Waals surface area (Å²) >= 11 is 5.83. The van der Waals surface area contributed by atoms with E-state index in [0.717, 1.165) is 0 Å².